The molecular weight excluding hydrogens is 408 g/mol. The molecule has 0 unspecified atom stereocenters. The van der Waals surface area contributed by atoms with Crippen molar-refractivity contribution in [3.8, 4) is 23.0 Å². The molecule has 29 heavy (non-hydrogen) atoms. The van der Waals surface area contributed by atoms with Crippen LogP contribution in [0.1, 0.15) is 11.4 Å². The number of hydrogen-bond donors (Lipinski definition) is 2. The smallest absolute Gasteiger partial charge is 0.225 e. The lowest BCUT2D eigenvalue weighted by Gasteiger charge is -2.07. The Labute approximate surface area is 176 Å². The molecule has 0 radical (unpaired) electrons. The zero-order chi connectivity index (χ0) is 20.2. The van der Waals surface area contributed by atoms with Crippen LogP contribution in [0.25, 0.3) is 11.4 Å². The summed E-state index contributed by atoms with van der Waals surface area (Å²) >= 11 is 7.45. The number of halogens is 1. The summed E-state index contributed by atoms with van der Waals surface area (Å²) in [5.74, 6) is 2.90. The quantitative estimate of drug-likeness (QED) is 0.344. The second-order valence-electron chi connectivity index (χ2n) is 6.17. The molecule has 4 aromatic rings. The number of ether oxygens (including phenoxy) is 1. The minimum atomic E-state index is 0.372. The van der Waals surface area contributed by atoms with Gasteiger partial charge in [0.15, 0.2) is 11.0 Å². The first-order chi connectivity index (χ1) is 14.1. The summed E-state index contributed by atoms with van der Waals surface area (Å²) in [7, 11) is 0. The van der Waals surface area contributed by atoms with Crippen molar-refractivity contribution in [2.75, 3.05) is 12.0 Å². The Balaban J connectivity index is 1.44. The van der Waals surface area contributed by atoms with E-state index in [1.165, 1.54) is 11.8 Å². The van der Waals surface area contributed by atoms with Crippen molar-refractivity contribution in [1.29, 1.82) is 0 Å². The Morgan fingerprint density at radius 2 is 1.90 bits per heavy atom. The highest BCUT2D eigenvalue weighted by Crippen LogP contribution is 2.24. The first kappa shape index (κ1) is 19.2. The van der Waals surface area contributed by atoms with Crippen LogP contribution in [-0.4, -0.2) is 31.4 Å². The van der Waals surface area contributed by atoms with E-state index in [9.17, 15) is 0 Å². The number of aromatic nitrogens is 5. The summed E-state index contributed by atoms with van der Waals surface area (Å²) < 4.78 is 5.79. The lowest BCUT2D eigenvalue weighted by atomic mass is 10.1. The van der Waals surface area contributed by atoms with Crippen LogP contribution >= 0.6 is 23.4 Å². The van der Waals surface area contributed by atoms with Crippen molar-refractivity contribution in [1.82, 2.24) is 25.1 Å². The number of aromatic amines is 1. The Morgan fingerprint density at radius 3 is 2.66 bits per heavy atom. The SMILES string of the molecule is CSc1nc(N)cc(Oc2ccc(Cc3nnc(-c4cccc(Cl)c4)[nH]3)cc2)n1. The van der Waals surface area contributed by atoms with Gasteiger partial charge in [0, 0.05) is 23.1 Å². The number of nitrogens with two attached hydrogens (primary N) is 1. The predicted molar refractivity (Wildman–Crippen MR) is 114 cm³/mol. The molecule has 146 valence electrons. The van der Waals surface area contributed by atoms with Crippen molar-refractivity contribution in [3.05, 3.63) is 71.0 Å². The number of benzene rings is 2. The number of nitrogen functional groups attached to an aromatic ring is 1. The predicted octanol–water partition coefficient (Wildman–Crippen LogP) is 4.60. The van der Waals surface area contributed by atoms with Crippen LogP contribution in [0.2, 0.25) is 5.02 Å². The van der Waals surface area contributed by atoms with Gasteiger partial charge < -0.3 is 15.5 Å². The highest BCUT2D eigenvalue weighted by atomic mass is 35.5. The van der Waals surface area contributed by atoms with Crippen LogP contribution < -0.4 is 10.5 Å². The highest BCUT2D eigenvalue weighted by Gasteiger charge is 2.08. The number of anilines is 1. The average molecular weight is 425 g/mol. The van der Waals surface area contributed by atoms with E-state index in [2.05, 4.69) is 25.1 Å². The zero-order valence-corrected chi connectivity index (χ0v) is 17.0. The number of nitrogens with one attached hydrogen (secondary N) is 1. The van der Waals surface area contributed by atoms with Crippen LogP contribution in [0.4, 0.5) is 5.82 Å². The fourth-order valence-corrected chi connectivity index (χ4v) is 3.26. The van der Waals surface area contributed by atoms with Crippen molar-refractivity contribution >= 4 is 29.2 Å². The lowest BCUT2D eigenvalue weighted by Crippen LogP contribution is -1.97. The molecule has 0 amide bonds. The molecule has 9 heteroatoms. The maximum Gasteiger partial charge on any atom is 0.225 e. The van der Waals surface area contributed by atoms with Crippen molar-refractivity contribution in [2.45, 2.75) is 11.6 Å². The Kier molecular flexibility index (Phi) is 5.64. The van der Waals surface area contributed by atoms with Crippen LogP contribution in [0, 0.1) is 0 Å². The standard InChI is InChI=1S/C20H17ClN6OS/c1-29-20-23-16(22)11-18(25-20)28-15-7-5-12(6-8-15)9-17-24-19(27-26-17)13-3-2-4-14(21)10-13/h2-8,10-11H,9H2,1H3,(H2,22,23,25)(H,24,26,27). The second kappa shape index (κ2) is 8.50. The van der Waals surface area contributed by atoms with Crippen LogP contribution in [-0.2, 0) is 6.42 Å². The van der Waals surface area contributed by atoms with Crippen LogP contribution in [0.3, 0.4) is 0 Å². The van der Waals surface area contributed by atoms with Gasteiger partial charge in [-0.15, -0.1) is 10.2 Å². The summed E-state index contributed by atoms with van der Waals surface area (Å²) in [6.45, 7) is 0. The number of nitrogens with zero attached hydrogens (tertiary/aromatic N) is 4. The summed E-state index contributed by atoms with van der Waals surface area (Å²) in [6, 6.07) is 16.8. The van der Waals surface area contributed by atoms with Crippen LogP contribution in [0.15, 0.2) is 59.8 Å². The van der Waals surface area contributed by atoms with Gasteiger partial charge in [0.25, 0.3) is 0 Å². The van der Waals surface area contributed by atoms with E-state index in [1.807, 2.05) is 54.8 Å². The van der Waals surface area contributed by atoms with E-state index in [0.717, 1.165) is 17.0 Å². The molecule has 7 nitrogen and oxygen atoms in total. The number of H-pyrrole nitrogens is 1. The summed E-state index contributed by atoms with van der Waals surface area (Å²) in [5, 5.41) is 9.65. The van der Waals surface area contributed by atoms with Crippen molar-refractivity contribution < 1.29 is 4.74 Å². The van der Waals surface area contributed by atoms with E-state index in [4.69, 9.17) is 22.1 Å². The van der Waals surface area contributed by atoms with Crippen LogP contribution in [0.5, 0.6) is 11.6 Å². The molecule has 2 aromatic carbocycles. The summed E-state index contributed by atoms with van der Waals surface area (Å²) in [5.41, 5.74) is 7.75. The molecule has 3 N–H and O–H groups in total. The minimum absolute atomic E-state index is 0.372. The van der Waals surface area contributed by atoms with E-state index in [1.54, 1.807) is 6.07 Å². The third-order valence-electron chi connectivity index (χ3n) is 4.03. The Bertz CT molecular complexity index is 1130. The first-order valence-corrected chi connectivity index (χ1v) is 10.3. The van der Waals surface area contributed by atoms with Gasteiger partial charge in [-0.2, -0.15) is 4.98 Å². The summed E-state index contributed by atoms with van der Waals surface area (Å²) in [6.07, 6.45) is 2.50. The fourth-order valence-electron chi connectivity index (χ4n) is 2.70. The van der Waals surface area contributed by atoms with E-state index in [-0.39, 0.29) is 0 Å². The maximum absolute atomic E-state index is 6.04. The molecule has 0 spiro atoms. The Morgan fingerprint density at radius 1 is 1.07 bits per heavy atom. The fraction of sp³-hybridized carbons (Fsp3) is 0.100. The minimum Gasteiger partial charge on any atom is -0.439 e. The summed E-state index contributed by atoms with van der Waals surface area (Å²) in [4.78, 5) is 11.6. The normalized spacial score (nSPS) is 10.8. The van der Waals surface area contributed by atoms with E-state index >= 15 is 0 Å². The second-order valence-corrected chi connectivity index (χ2v) is 7.38. The van der Waals surface area contributed by atoms with Gasteiger partial charge in [0.05, 0.1) is 0 Å². The third kappa shape index (κ3) is 4.85. The van der Waals surface area contributed by atoms with E-state index < -0.39 is 0 Å². The molecule has 0 aliphatic carbocycles. The largest absolute Gasteiger partial charge is 0.439 e. The van der Waals surface area contributed by atoms with Gasteiger partial charge in [0.1, 0.15) is 17.4 Å². The van der Waals surface area contributed by atoms with Gasteiger partial charge in [-0.05, 0) is 36.1 Å². The molecule has 2 aromatic heterocycles. The monoisotopic (exact) mass is 424 g/mol. The van der Waals surface area contributed by atoms with E-state index in [0.29, 0.717) is 39.9 Å². The number of thioether (sulfide) groups is 1. The molecule has 0 aliphatic rings. The molecule has 4 rings (SSSR count). The average Bonchev–Trinajstić information content (AvgIpc) is 3.17. The van der Waals surface area contributed by atoms with Gasteiger partial charge in [0.2, 0.25) is 5.88 Å². The van der Waals surface area contributed by atoms with Gasteiger partial charge in [-0.3, -0.25) is 0 Å². The van der Waals surface area contributed by atoms with Gasteiger partial charge >= 0.3 is 0 Å². The Hall–Kier alpha value is -3.10. The molecular formula is C20H17ClN6OS. The molecule has 0 fully saturated rings. The lowest BCUT2D eigenvalue weighted by molar-refractivity contribution is 0.456. The molecule has 2 heterocycles. The maximum atomic E-state index is 6.04. The topological polar surface area (TPSA) is 103 Å². The zero-order valence-electron chi connectivity index (χ0n) is 15.5. The molecule has 0 bridgehead atoms. The number of rotatable bonds is 6. The van der Waals surface area contributed by atoms with Gasteiger partial charge in [-0.1, -0.05) is 47.6 Å². The number of hydrogen-bond acceptors (Lipinski definition) is 7. The molecule has 0 saturated heterocycles. The van der Waals surface area contributed by atoms with Gasteiger partial charge in [-0.25, -0.2) is 4.98 Å². The molecule has 0 atom stereocenters. The van der Waals surface area contributed by atoms with Crippen molar-refractivity contribution in [3.63, 3.8) is 0 Å². The first-order valence-electron chi connectivity index (χ1n) is 8.72. The highest BCUT2D eigenvalue weighted by molar-refractivity contribution is 7.98. The van der Waals surface area contributed by atoms with Crippen molar-refractivity contribution in [2.24, 2.45) is 0 Å². The third-order valence-corrected chi connectivity index (χ3v) is 4.82. The molecule has 0 aliphatic heterocycles. The molecule has 0 saturated carbocycles.